The normalized spacial score (nSPS) is 21.9. The van der Waals surface area contributed by atoms with Crippen LogP contribution in [0.5, 0.6) is 5.75 Å². The second-order valence-corrected chi connectivity index (χ2v) is 7.62. The molecule has 2 aromatic carbocycles. The van der Waals surface area contributed by atoms with Crippen LogP contribution in [-0.4, -0.2) is 26.0 Å². The summed E-state index contributed by atoms with van der Waals surface area (Å²) in [5, 5.41) is 0. The van der Waals surface area contributed by atoms with Gasteiger partial charge in [-0.3, -0.25) is 4.79 Å². The highest BCUT2D eigenvalue weighted by Gasteiger charge is 2.55. The standard InChI is InChI=1S/C24H26O4/c1-15(2)24(3)21(17-9-7-6-8-10-17)19(20(22(24)25)23(26)28-5)16-11-13-18(27-4)14-12-16/h6-15,21H,1-5H3/t21-,24+/m0/s1. The molecule has 1 aliphatic rings. The summed E-state index contributed by atoms with van der Waals surface area (Å²) in [4.78, 5) is 26.3. The smallest absolute Gasteiger partial charge is 0.341 e. The largest absolute Gasteiger partial charge is 0.497 e. The molecule has 0 bridgehead atoms. The molecule has 4 heteroatoms. The van der Waals surface area contributed by atoms with E-state index in [2.05, 4.69) is 0 Å². The number of carbonyl (C=O) groups is 2. The van der Waals surface area contributed by atoms with Crippen molar-refractivity contribution in [3.63, 3.8) is 0 Å². The van der Waals surface area contributed by atoms with Crippen molar-refractivity contribution in [2.24, 2.45) is 11.3 Å². The molecule has 0 aliphatic heterocycles. The van der Waals surface area contributed by atoms with E-state index < -0.39 is 11.4 Å². The summed E-state index contributed by atoms with van der Waals surface area (Å²) in [6.45, 7) is 6.01. The maximum absolute atomic E-state index is 13.6. The van der Waals surface area contributed by atoms with E-state index in [-0.39, 0.29) is 23.2 Å². The Morgan fingerprint density at radius 3 is 2.11 bits per heavy atom. The molecule has 2 atom stereocenters. The number of hydrogen-bond acceptors (Lipinski definition) is 4. The van der Waals surface area contributed by atoms with Crippen molar-refractivity contribution < 1.29 is 19.1 Å². The summed E-state index contributed by atoms with van der Waals surface area (Å²) in [6, 6.07) is 17.4. The van der Waals surface area contributed by atoms with Crippen molar-refractivity contribution in [2.45, 2.75) is 26.7 Å². The van der Waals surface area contributed by atoms with Gasteiger partial charge >= 0.3 is 5.97 Å². The molecule has 146 valence electrons. The van der Waals surface area contributed by atoms with Crippen LogP contribution in [0.2, 0.25) is 0 Å². The lowest BCUT2D eigenvalue weighted by atomic mass is 9.65. The van der Waals surface area contributed by atoms with Gasteiger partial charge in [0.15, 0.2) is 5.78 Å². The zero-order chi connectivity index (χ0) is 20.5. The van der Waals surface area contributed by atoms with Gasteiger partial charge in [0.1, 0.15) is 11.3 Å². The van der Waals surface area contributed by atoms with Crippen molar-refractivity contribution in [3.8, 4) is 5.75 Å². The van der Waals surface area contributed by atoms with Gasteiger partial charge in [0, 0.05) is 11.3 Å². The number of ketones is 1. The lowest BCUT2D eigenvalue weighted by molar-refractivity contribution is -0.139. The number of ether oxygens (including phenoxy) is 2. The third-order valence-corrected chi connectivity index (χ3v) is 6.00. The van der Waals surface area contributed by atoms with Crippen LogP contribution in [0.4, 0.5) is 0 Å². The number of esters is 1. The van der Waals surface area contributed by atoms with Crippen LogP contribution in [0.15, 0.2) is 60.2 Å². The van der Waals surface area contributed by atoms with Crippen LogP contribution in [-0.2, 0) is 14.3 Å². The van der Waals surface area contributed by atoms with Gasteiger partial charge in [-0.1, -0.05) is 63.2 Å². The number of Topliss-reactive ketones (excluding diaryl/α,β-unsaturated/α-hetero) is 1. The molecule has 0 aromatic heterocycles. The topological polar surface area (TPSA) is 52.6 Å². The molecular formula is C24H26O4. The lowest BCUT2D eigenvalue weighted by Gasteiger charge is -2.36. The Kier molecular flexibility index (Phi) is 5.41. The predicted octanol–water partition coefficient (Wildman–Crippen LogP) is 4.65. The van der Waals surface area contributed by atoms with Crippen LogP contribution in [0, 0.1) is 11.3 Å². The van der Waals surface area contributed by atoms with Gasteiger partial charge in [-0.15, -0.1) is 0 Å². The zero-order valence-electron chi connectivity index (χ0n) is 17.0. The van der Waals surface area contributed by atoms with Crippen molar-refractivity contribution in [1.82, 2.24) is 0 Å². The van der Waals surface area contributed by atoms with E-state index in [1.54, 1.807) is 7.11 Å². The summed E-state index contributed by atoms with van der Waals surface area (Å²) >= 11 is 0. The Balaban J connectivity index is 2.32. The molecule has 28 heavy (non-hydrogen) atoms. The highest BCUT2D eigenvalue weighted by molar-refractivity contribution is 6.28. The van der Waals surface area contributed by atoms with Crippen LogP contribution in [0.1, 0.15) is 37.8 Å². The summed E-state index contributed by atoms with van der Waals surface area (Å²) in [6.07, 6.45) is 0. The molecule has 0 amide bonds. The van der Waals surface area contributed by atoms with Gasteiger partial charge in [-0.25, -0.2) is 4.79 Å². The van der Waals surface area contributed by atoms with Crippen LogP contribution < -0.4 is 4.74 Å². The number of hydrogen-bond donors (Lipinski definition) is 0. The fourth-order valence-electron chi connectivity index (χ4n) is 4.11. The molecule has 0 fully saturated rings. The minimum absolute atomic E-state index is 0.0283. The van der Waals surface area contributed by atoms with Gasteiger partial charge in [-0.05, 0) is 34.8 Å². The van der Waals surface area contributed by atoms with E-state index in [9.17, 15) is 9.59 Å². The molecule has 0 N–H and O–H groups in total. The van der Waals surface area contributed by atoms with E-state index in [1.165, 1.54) is 7.11 Å². The molecule has 0 radical (unpaired) electrons. The van der Waals surface area contributed by atoms with E-state index in [4.69, 9.17) is 9.47 Å². The molecule has 0 heterocycles. The molecular weight excluding hydrogens is 352 g/mol. The van der Waals surface area contributed by atoms with Gasteiger partial charge in [0.2, 0.25) is 0 Å². The van der Waals surface area contributed by atoms with Crippen LogP contribution in [0.3, 0.4) is 0 Å². The first kappa shape index (κ1) is 19.9. The third-order valence-electron chi connectivity index (χ3n) is 6.00. The van der Waals surface area contributed by atoms with Crippen molar-refractivity contribution in [2.75, 3.05) is 14.2 Å². The highest BCUT2D eigenvalue weighted by atomic mass is 16.5. The average molecular weight is 378 g/mol. The Morgan fingerprint density at radius 2 is 1.61 bits per heavy atom. The average Bonchev–Trinajstić information content (AvgIpc) is 2.97. The second-order valence-electron chi connectivity index (χ2n) is 7.62. The summed E-state index contributed by atoms with van der Waals surface area (Å²) < 4.78 is 10.3. The molecule has 0 spiro atoms. The van der Waals surface area contributed by atoms with Crippen LogP contribution in [0.25, 0.3) is 5.57 Å². The number of allylic oxidation sites excluding steroid dienone is 1. The zero-order valence-corrected chi connectivity index (χ0v) is 17.0. The summed E-state index contributed by atoms with van der Waals surface area (Å²) in [5.74, 6) is -0.240. The fraction of sp³-hybridized carbons (Fsp3) is 0.333. The van der Waals surface area contributed by atoms with Crippen LogP contribution >= 0.6 is 0 Å². The number of benzene rings is 2. The van der Waals surface area contributed by atoms with Crippen molar-refractivity contribution >= 4 is 17.3 Å². The Morgan fingerprint density at radius 1 is 1.00 bits per heavy atom. The van der Waals surface area contributed by atoms with E-state index in [0.29, 0.717) is 0 Å². The number of rotatable bonds is 5. The molecule has 0 saturated heterocycles. The Hall–Kier alpha value is -2.88. The molecule has 4 nitrogen and oxygen atoms in total. The quantitative estimate of drug-likeness (QED) is 0.561. The maximum Gasteiger partial charge on any atom is 0.341 e. The minimum atomic E-state index is -0.750. The first-order valence-corrected chi connectivity index (χ1v) is 9.42. The van der Waals surface area contributed by atoms with Gasteiger partial charge in [0.25, 0.3) is 0 Å². The molecule has 0 saturated carbocycles. The lowest BCUT2D eigenvalue weighted by Crippen LogP contribution is -2.36. The molecule has 1 aliphatic carbocycles. The van der Waals surface area contributed by atoms with E-state index in [1.807, 2.05) is 75.4 Å². The SMILES string of the molecule is COC(=O)C1=C(c2ccc(OC)cc2)[C@H](c2ccccc2)[C@@](C)(C(C)C)C1=O. The van der Waals surface area contributed by atoms with Gasteiger partial charge in [-0.2, -0.15) is 0 Å². The Labute approximate surface area is 166 Å². The molecule has 2 aromatic rings. The fourth-order valence-corrected chi connectivity index (χ4v) is 4.11. The molecule has 3 rings (SSSR count). The molecule has 0 unspecified atom stereocenters. The number of carbonyl (C=O) groups excluding carboxylic acids is 2. The van der Waals surface area contributed by atoms with E-state index >= 15 is 0 Å². The summed E-state index contributed by atoms with van der Waals surface area (Å²) in [5.41, 5.74) is 1.96. The maximum atomic E-state index is 13.6. The monoisotopic (exact) mass is 378 g/mol. The first-order valence-electron chi connectivity index (χ1n) is 9.42. The third kappa shape index (κ3) is 3.03. The minimum Gasteiger partial charge on any atom is -0.497 e. The predicted molar refractivity (Wildman–Crippen MR) is 109 cm³/mol. The Bertz CT molecular complexity index is 909. The van der Waals surface area contributed by atoms with E-state index in [0.717, 1.165) is 22.4 Å². The highest BCUT2D eigenvalue weighted by Crippen LogP contribution is 2.57. The van der Waals surface area contributed by atoms with Crippen molar-refractivity contribution in [1.29, 1.82) is 0 Å². The van der Waals surface area contributed by atoms with Gasteiger partial charge < -0.3 is 9.47 Å². The number of methoxy groups -OCH3 is 2. The van der Waals surface area contributed by atoms with Crippen molar-refractivity contribution in [3.05, 3.63) is 71.3 Å². The second kappa shape index (κ2) is 7.63. The first-order chi connectivity index (χ1) is 13.4. The van der Waals surface area contributed by atoms with Gasteiger partial charge in [0.05, 0.1) is 14.2 Å². The summed E-state index contributed by atoms with van der Waals surface area (Å²) in [7, 11) is 2.92.